The largest absolute Gasteiger partial charge is 0.456 e. The van der Waals surface area contributed by atoms with Crippen molar-refractivity contribution >= 4 is 71.1 Å². The van der Waals surface area contributed by atoms with Crippen molar-refractivity contribution < 1.29 is 17.4 Å². The van der Waals surface area contributed by atoms with Crippen molar-refractivity contribution in [1.29, 1.82) is 0 Å². The number of sulfonamides is 1. The van der Waals surface area contributed by atoms with E-state index in [1.807, 2.05) is 68.3 Å². The first-order chi connectivity index (χ1) is 20.4. The van der Waals surface area contributed by atoms with Crippen molar-refractivity contribution in [2.24, 2.45) is 4.15 Å². The van der Waals surface area contributed by atoms with Crippen molar-refractivity contribution in [2.75, 3.05) is 11.9 Å². The zero-order valence-electron chi connectivity index (χ0n) is 24.0. The molecule has 220 valence electrons. The number of para-hydroxylation sites is 1. The fraction of sp³-hybridized carbons (Fsp3) is 0.152. The van der Waals surface area contributed by atoms with E-state index in [0.29, 0.717) is 21.5 Å². The predicted molar refractivity (Wildman–Crippen MR) is 182 cm³/mol. The van der Waals surface area contributed by atoms with Crippen molar-refractivity contribution in [3.8, 4) is 5.75 Å². The normalized spacial score (nSPS) is 16.7. The van der Waals surface area contributed by atoms with Crippen LogP contribution in [-0.4, -0.2) is 15.5 Å². The minimum atomic E-state index is -4.25. The number of hydrogen-bond acceptors (Lipinski definition) is 5. The van der Waals surface area contributed by atoms with Gasteiger partial charge in [-0.1, -0.05) is 78.3 Å². The summed E-state index contributed by atoms with van der Waals surface area (Å²) < 4.78 is 47.9. The van der Waals surface area contributed by atoms with E-state index in [1.165, 1.54) is 0 Å². The molecule has 2 heterocycles. The third-order valence-electron chi connectivity index (χ3n) is 7.66. The molecule has 4 aromatic carbocycles. The Bertz CT molecular complexity index is 2090. The lowest BCUT2D eigenvalue weighted by atomic mass is 9.84. The molecule has 0 saturated heterocycles. The van der Waals surface area contributed by atoms with Gasteiger partial charge in [0.05, 0.1) is 9.37 Å². The Labute approximate surface area is 268 Å². The Kier molecular flexibility index (Phi) is 7.74. The molecule has 0 spiro atoms. The number of halogens is 2. The molecule has 10 heteroatoms. The number of fused-ring (bicyclic) bond motifs is 2. The first kappa shape index (κ1) is 29.9. The molecule has 0 radical (unpaired) electrons. The molecule has 1 aliphatic rings. The van der Waals surface area contributed by atoms with Crippen molar-refractivity contribution in [3.63, 3.8) is 0 Å². The highest BCUT2D eigenvalue weighted by Crippen LogP contribution is 2.59. The second-order valence-corrected chi connectivity index (χ2v) is 16.9. The maximum Gasteiger partial charge on any atom is 0.284 e. The molecule has 1 aromatic heterocycles. The summed E-state index contributed by atoms with van der Waals surface area (Å²) in [7, 11) is -5.88. The van der Waals surface area contributed by atoms with Crippen molar-refractivity contribution in [2.45, 2.75) is 31.1 Å². The Morgan fingerprint density at radius 3 is 2.33 bits per heavy atom. The first-order valence-corrected chi connectivity index (χ1v) is 18.3. The molecule has 6 nitrogen and oxygen atoms in total. The van der Waals surface area contributed by atoms with Gasteiger partial charge in [0.1, 0.15) is 11.5 Å². The molecule has 0 saturated carbocycles. The second-order valence-electron chi connectivity index (χ2n) is 11.0. The molecule has 0 aliphatic carbocycles. The summed E-state index contributed by atoms with van der Waals surface area (Å²) in [5, 5.41) is 1.74. The van der Waals surface area contributed by atoms with Crippen LogP contribution in [0.2, 0.25) is 0 Å². The van der Waals surface area contributed by atoms with Gasteiger partial charge in [-0.05, 0) is 87.7 Å². The van der Waals surface area contributed by atoms with Gasteiger partial charge in [-0.25, -0.2) is 0 Å². The van der Waals surface area contributed by atoms with Gasteiger partial charge < -0.3 is 13.8 Å². The van der Waals surface area contributed by atoms with Crippen LogP contribution >= 0.6 is 39.1 Å². The lowest BCUT2D eigenvalue weighted by Crippen LogP contribution is -2.24. The van der Waals surface area contributed by atoms with Crippen molar-refractivity contribution in [3.05, 3.63) is 129 Å². The third kappa shape index (κ3) is 5.53. The average molecular weight is 740 g/mol. The smallest absolute Gasteiger partial charge is 0.284 e. The Morgan fingerprint density at radius 1 is 0.907 bits per heavy atom. The van der Waals surface area contributed by atoms with Crippen LogP contribution in [0.4, 0.5) is 5.69 Å². The third-order valence-corrected chi connectivity index (χ3v) is 13.4. The van der Waals surface area contributed by atoms with Crippen LogP contribution in [0.5, 0.6) is 5.75 Å². The summed E-state index contributed by atoms with van der Waals surface area (Å²) >= 11 is 7.11. The molecule has 5 aromatic rings. The van der Waals surface area contributed by atoms with Crippen LogP contribution < -0.4 is 14.9 Å². The maximum absolute atomic E-state index is 14.3. The Morgan fingerprint density at radius 2 is 1.63 bits per heavy atom. The predicted octanol–water partition coefficient (Wildman–Crippen LogP) is 9.74. The van der Waals surface area contributed by atoms with Gasteiger partial charge in [0.15, 0.2) is 5.50 Å². The maximum atomic E-state index is 14.3. The second kappa shape index (κ2) is 11.1. The van der Waals surface area contributed by atoms with Gasteiger partial charge in [0.2, 0.25) is 7.28 Å². The minimum Gasteiger partial charge on any atom is -0.456 e. The lowest BCUT2D eigenvalue weighted by Gasteiger charge is -2.28. The lowest BCUT2D eigenvalue weighted by molar-refractivity contribution is 0.546. The molecular formula is C33H29Br2N2O4PS. The highest BCUT2D eigenvalue weighted by atomic mass is 79.9. The summed E-state index contributed by atoms with van der Waals surface area (Å²) in [4.78, 5) is 2.16. The number of aryl methyl sites for hydroxylation is 1. The fourth-order valence-corrected chi connectivity index (χ4v) is 11.6. The van der Waals surface area contributed by atoms with E-state index in [-0.39, 0.29) is 4.90 Å². The zero-order valence-corrected chi connectivity index (χ0v) is 28.8. The molecule has 0 fully saturated rings. The summed E-state index contributed by atoms with van der Waals surface area (Å²) in [5.41, 5.74) is 2.90. The average Bonchev–Trinajstić information content (AvgIpc) is 3.50. The number of anilines is 1. The van der Waals surface area contributed by atoms with E-state index in [2.05, 4.69) is 62.7 Å². The molecule has 0 bridgehead atoms. The molecule has 0 N–H and O–H groups in total. The molecule has 0 amide bonds. The highest BCUT2D eigenvalue weighted by molar-refractivity contribution is 9.11. The number of rotatable bonds is 6. The quantitative estimate of drug-likeness (QED) is 0.162. The number of likely N-dealkylation sites (N-methyl/N-ethyl adjacent to an activating group) is 1. The van der Waals surface area contributed by atoms with Crippen LogP contribution in [-0.2, 0) is 15.4 Å². The molecule has 6 rings (SSSR count). The Balaban J connectivity index is 1.67. The molecule has 43 heavy (non-hydrogen) atoms. The standard InChI is InChI=1S/C33H29Br2N2O4PS/c1-22-13-18-32(40-22)42(41-30-17-15-25(34)20-28(30)35,21-31-33(2,3)27-11-7-8-12-29(27)37(31)4)36-43(38,39)26-16-14-23-9-5-6-10-24(23)19-26/h5-21H,1-4H3/b31-21-/t42-/m0/s1. The molecule has 1 aliphatic heterocycles. The van der Waals surface area contributed by atoms with Gasteiger partial charge in [0, 0.05) is 34.1 Å². The van der Waals surface area contributed by atoms with Gasteiger partial charge in [0.25, 0.3) is 10.0 Å². The van der Waals surface area contributed by atoms with Gasteiger partial charge in [-0.15, -0.1) is 4.15 Å². The van der Waals surface area contributed by atoms with Crippen LogP contribution in [0.3, 0.4) is 0 Å². The molecule has 1 atom stereocenters. The van der Waals surface area contributed by atoms with Crippen molar-refractivity contribution in [1.82, 2.24) is 0 Å². The van der Waals surface area contributed by atoms with E-state index >= 15 is 0 Å². The minimum absolute atomic E-state index is 0.0815. The van der Waals surface area contributed by atoms with E-state index in [0.717, 1.165) is 32.2 Å². The van der Waals surface area contributed by atoms with Gasteiger partial charge in [-0.2, -0.15) is 8.42 Å². The van der Waals surface area contributed by atoms with Gasteiger partial charge in [-0.3, -0.25) is 0 Å². The summed E-state index contributed by atoms with van der Waals surface area (Å²) in [6.45, 7) is 6.06. The number of allylic oxidation sites excluding steroid dienone is 1. The number of furan rings is 1. The van der Waals surface area contributed by atoms with Crippen LogP contribution in [0.25, 0.3) is 10.8 Å². The SMILES string of the molecule is Cc1ccc([P@@](/C=C2\N(C)c3ccccc3C2(C)C)(=NS(=O)(=O)c2ccc3ccccc3c2)Oc2ccc(Br)cc2Br)o1. The summed E-state index contributed by atoms with van der Waals surface area (Å²) in [6.07, 6.45) is 0. The first-order valence-electron chi connectivity index (χ1n) is 13.5. The van der Waals surface area contributed by atoms with Crippen LogP contribution in [0, 0.1) is 6.92 Å². The number of nitrogens with zero attached hydrogens (tertiary/aromatic N) is 2. The monoisotopic (exact) mass is 738 g/mol. The topological polar surface area (TPSA) is 72.1 Å². The van der Waals surface area contributed by atoms with Crippen LogP contribution in [0.1, 0.15) is 25.2 Å². The Hall–Kier alpha value is -3.10. The fourth-order valence-electron chi connectivity index (χ4n) is 5.44. The van der Waals surface area contributed by atoms with Crippen LogP contribution in [0.15, 0.2) is 131 Å². The van der Waals surface area contributed by atoms with E-state index < -0.39 is 22.7 Å². The highest BCUT2D eigenvalue weighted by Gasteiger charge is 2.42. The van der Waals surface area contributed by atoms with Gasteiger partial charge >= 0.3 is 0 Å². The molecule has 0 unspecified atom stereocenters. The number of benzene rings is 4. The molecular weight excluding hydrogens is 711 g/mol. The van der Waals surface area contributed by atoms with E-state index in [4.69, 9.17) is 13.1 Å². The van der Waals surface area contributed by atoms with E-state index in [1.54, 1.807) is 36.4 Å². The summed E-state index contributed by atoms with van der Waals surface area (Å²) in [5.74, 6) is 2.95. The van der Waals surface area contributed by atoms with E-state index in [9.17, 15) is 8.42 Å². The zero-order chi connectivity index (χ0) is 30.6. The summed E-state index contributed by atoms with van der Waals surface area (Å²) in [6, 6.07) is 29.9. The number of hydrogen-bond donors (Lipinski definition) is 0.